The lowest BCUT2D eigenvalue weighted by Crippen LogP contribution is -2.29. The lowest BCUT2D eigenvalue weighted by atomic mass is 10.0. The zero-order valence-electron chi connectivity index (χ0n) is 11.4. The van der Waals surface area contributed by atoms with Crippen LogP contribution in [0.15, 0.2) is 22.7 Å². The maximum Gasteiger partial charge on any atom is 0.124 e. The van der Waals surface area contributed by atoms with E-state index in [9.17, 15) is 4.39 Å². The van der Waals surface area contributed by atoms with E-state index in [4.69, 9.17) is 9.47 Å². The fourth-order valence-corrected chi connectivity index (χ4v) is 2.34. The highest BCUT2D eigenvalue weighted by molar-refractivity contribution is 9.10. The Bertz CT molecular complexity index is 356. The van der Waals surface area contributed by atoms with E-state index in [1.54, 1.807) is 13.2 Å². The lowest BCUT2D eigenvalue weighted by Gasteiger charge is -2.16. The van der Waals surface area contributed by atoms with Crippen molar-refractivity contribution in [2.75, 3.05) is 34.0 Å². The molecule has 0 radical (unpaired) electrons. The van der Waals surface area contributed by atoms with Crippen LogP contribution in [-0.2, 0) is 15.9 Å². The van der Waals surface area contributed by atoms with Gasteiger partial charge in [0.1, 0.15) is 5.82 Å². The smallest absolute Gasteiger partial charge is 0.124 e. The number of halogens is 2. The standard InChI is InChI=1S/C14H21BrFNO2/c1-17-14(3-4-19-6-5-18-2)9-11-7-12(15)10-13(16)8-11/h7-8,10,14,17H,3-6,9H2,1-2H3. The van der Waals surface area contributed by atoms with Crippen LogP contribution in [0, 0.1) is 5.82 Å². The molecule has 1 aromatic rings. The van der Waals surface area contributed by atoms with Crippen molar-refractivity contribution in [2.45, 2.75) is 18.9 Å². The highest BCUT2D eigenvalue weighted by Crippen LogP contribution is 2.16. The fourth-order valence-electron chi connectivity index (χ4n) is 1.83. The fraction of sp³-hybridized carbons (Fsp3) is 0.571. The second kappa shape index (κ2) is 9.42. The molecule has 1 N–H and O–H groups in total. The number of hydrogen-bond acceptors (Lipinski definition) is 3. The first-order chi connectivity index (χ1) is 9.15. The minimum Gasteiger partial charge on any atom is -0.382 e. The van der Waals surface area contributed by atoms with Gasteiger partial charge in [-0.05, 0) is 43.7 Å². The molecular formula is C14H21BrFNO2. The molecule has 1 aromatic carbocycles. The summed E-state index contributed by atoms with van der Waals surface area (Å²) in [6.07, 6.45) is 1.66. The Balaban J connectivity index is 2.38. The van der Waals surface area contributed by atoms with Gasteiger partial charge in [-0.15, -0.1) is 0 Å². The first-order valence-corrected chi connectivity index (χ1v) is 7.14. The molecule has 0 aliphatic rings. The van der Waals surface area contributed by atoms with Crippen molar-refractivity contribution >= 4 is 15.9 Å². The van der Waals surface area contributed by atoms with Crippen molar-refractivity contribution in [3.63, 3.8) is 0 Å². The molecule has 108 valence electrons. The van der Waals surface area contributed by atoms with E-state index < -0.39 is 0 Å². The Kier molecular flexibility index (Phi) is 8.21. The zero-order valence-corrected chi connectivity index (χ0v) is 13.0. The van der Waals surface area contributed by atoms with E-state index in [1.165, 1.54) is 6.07 Å². The van der Waals surface area contributed by atoms with Crippen LogP contribution in [-0.4, -0.2) is 40.0 Å². The molecule has 1 unspecified atom stereocenters. The number of hydrogen-bond donors (Lipinski definition) is 1. The van der Waals surface area contributed by atoms with Crippen LogP contribution < -0.4 is 5.32 Å². The molecule has 0 spiro atoms. The average molecular weight is 334 g/mol. The van der Waals surface area contributed by atoms with Crippen LogP contribution in [0.1, 0.15) is 12.0 Å². The number of rotatable bonds is 9. The lowest BCUT2D eigenvalue weighted by molar-refractivity contribution is 0.0661. The molecule has 0 fully saturated rings. The van der Waals surface area contributed by atoms with Crippen molar-refractivity contribution in [1.82, 2.24) is 5.32 Å². The van der Waals surface area contributed by atoms with Crippen molar-refractivity contribution in [3.05, 3.63) is 34.1 Å². The van der Waals surface area contributed by atoms with Crippen LogP contribution in [0.5, 0.6) is 0 Å². The third-order valence-corrected chi connectivity index (χ3v) is 3.31. The Labute approximate surface area is 122 Å². The van der Waals surface area contributed by atoms with Crippen molar-refractivity contribution in [2.24, 2.45) is 0 Å². The summed E-state index contributed by atoms with van der Waals surface area (Å²) >= 11 is 3.31. The van der Waals surface area contributed by atoms with Crippen molar-refractivity contribution in [3.8, 4) is 0 Å². The minimum absolute atomic E-state index is 0.212. The van der Waals surface area contributed by atoms with E-state index in [0.717, 1.165) is 22.9 Å². The summed E-state index contributed by atoms with van der Waals surface area (Å²) in [6.45, 7) is 1.89. The van der Waals surface area contributed by atoms with Gasteiger partial charge in [-0.2, -0.15) is 0 Å². The summed E-state index contributed by atoms with van der Waals surface area (Å²) in [5.41, 5.74) is 0.975. The van der Waals surface area contributed by atoms with Gasteiger partial charge in [0.2, 0.25) is 0 Å². The molecule has 19 heavy (non-hydrogen) atoms. The molecule has 0 aliphatic carbocycles. The molecule has 0 aliphatic heterocycles. The van der Waals surface area contributed by atoms with E-state index in [0.29, 0.717) is 19.8 Å². The first-order valence-electron chi connectivity index (χ1n) is 6.34. The van der Waals surface area contributed by atoms with Crippen molar-refractivity contribution in [1.29, 1.82) is 0 Å². The first kappa shape index (κ1) is 16.6. The van der Waals surface area contributed by atoms with Gasteiger partial charge in [-0.25, -0.2) is 4.39 Å². The number of ether oxygens (including phenoxy) is 2. The quantitative estimate of drug-likeness (QED) is 0.705. The number of nitrogens with one attached hydrogen (secondary N) is 1. The van der Waals surface area contributed by atoms with E-state index >= 15 is 0 Å². The molecule has 0 saturated heterocycles. The van der Waals surface area contributed by atoms with E-state index in [-0.39, 0.29) is 11.9 Å². The summed E-state index contributed by atoms with van der Waals surface area (Å²) in [6, 6.07) is 5.25. The maximum atomic E-state index is 13.3. The van der Waals surface area contributed by atoms with Crippen LogP contribution in [0.4, 0.5) is 4.39 Å². The average Bonchev–Trinajstić information content (AvgIpc) is 2.36. The van der Waals surface area contributed by atoms with Gasteiger partial charge in [0.15, 0.2) is 0 Å². The monoisotopic (exact) mass is 333 g/mol. The van der Waals surface area contributed by atoms with Gasteiger partial charge in [-0.1, -0.05) is 15.9 Å². The second-order valence-electron chi connectivity index (χ2n) is 4.36. The van der Waals surface area contributed by atoms with Gasteiger partial charge in [0, 0.05) is 24.2 Å². The number of likely N-dealkylation sites (N-methyl/N-ethyl adjacent to an activating group) is 1. The Morgan fingerprint density at radius 3 is 2.68 bits per heavy atom. The normalized spacial score (nSPS) is 12.6. The van der Waals surface area contributed by atoms with Gasteiger partial charge < -0.3 is 14.8 Å². The minimum atomic E-state index is -0.212. The molecule has 1 rings (SSSR count). The van der Waals surface area contributed by atoms with Gasteiger partial charge >= 0.3 is 0 Å². The topological polar surface area (TPSA) is 30.5 Å². The van der Waals surface area contributed by atoms with Crippen LogP contribution in [0.2, 0.25) is 0 Å². The molecule has 5 heteroatoms. The highest BCUT2D eigenvalue weighted by Gasteiger charge is 2.09. The summed E-state index contributed by atoms with van der Waals surface area (Å²) < 4.78 is 24.4. The molecule has 0 amide bonds. The van der Waals surface area contributed by atoms with Gasteiger partial charge in [-0.3, -0.25) is 0 Å². The maximum absolute atomic E-state index is 13.3. The summed E-state index contributed by atoms with van der Waals surface area (Å²) in [7, 11) is 3.57. The predicted octanol–water partition coefficient (Wildman–Crippen LogP) is 2.77. The summed E-state index contributed by atoms with van der Waals surface area (Å²) in [4.78, 5) is 0. The molecule has 0 bridgehead atoms. The molecule has 1 atom stereocenters. The third-order valence-electron chi connectivity index (χ3n) is 2.86. The van der Waals surface area contributed by atoms with Gasteiger partial charge in [0.25, 0.3) is 0 Å². The molecule has 0 heterocycles. The Morgan fingerprint density at radius 1 is 1.26 bits per heavy atom. The van der Waals surface area contributed by atoms with Crippen LogP contribution >= 0.6 is 15.9 Å². The molecule has 0 aromatic heterocycles. The largest absolute Gasteiger partial charge is 0.382 e. The molecular weight excluding hydrogens is 313 g/mol. The van der Waals surface area contributed by atoms with Crippen LogP contribution in [0.3, 0.4) is 0 Å². The van der Waals surface area contributed by atoms with E-state index in [1.807, 2.05) is 13.1 Å². The van der Waals surface area contributed by atoms with Crippen molar-refractivity contribution < 1.29 is 13.9 Å². The SMILES string of the molecule is CNC(CCOCCOC)Cc1cc(F)cc(Br)c1. The number of methoxy groups -OCH3 is 1. The van der Waals surface area contributed by atoms with Gasteiger partial charge in [0.05, 0.1) is 13.2 Å². The Morgan fingerprint density at radius 2 is 2.05 bits per heavy atom. The zero-order chi connectivity index (χ0) is 14.1. The second-order valence-corrected chi connectivity index (χ2v) is 5.28. The predicted molar refractivity (Wildman–Crippen MR) is 78.0 cm³/mol. The Hall–Kier alpha value is -0.490. The van der Waals surface area contributed by atoms with Crippen LogP contribution in [0.25, 0.3) is 0 Å². The summed E-state index contributed by atoms with van der Waals surface area (Å²) in [5, 5.41) is 3.23. The summed E-state index contributed by atoms with van der Waals surface area (Å²) in [5.74, 6) is -0.212. The van der Waals surface area contributed by atoms with E-state index in [2.05, 4.69) is 21.2 Å². The third kappa shape index (κ3) is 7.01. The molecule has 3 nitrogen and oxygen atoms in total. The molecule has 0 saturated carbocycles. The number of benzene rings is 1. The highest BCUT2D eigenvalue weighted by atomic mass is 79.9.